The molecule has 0 aliphatic heterocycles. The van der Waals surface area contributed by atoms with Gasteiger partial charge in [0.05, 0.1) is 0 Å². The summed E-state index contributed by atoms with van der Waals surface area (Å²) in [5, 5.41) is 0. The van der Waals surface area contributed by atoms with Gasteiger partial charge in [0.25, 0.3) is 0 Å². The van der Waals surface area contributed by atoms with Gasteiger partial charge in [0, 0.05) is 35.6 Å². The quantitative estimate of drug-likeness (QED) is 0.640. The molecule has 0 aromatic heterocycles. The molecule has 0 spiro atoms. The summed E-state index contributed by atoms with van der Waals surface area (Å²) in [7, 11) is 0. The van der Waals surface area contributed by atoms with Gasteiger partial charge < -0.3 is 5.92 Å². The molecule has 2 aliphatic carbocycles. The van der Waals surface area contributed by atoms with Gasteiger partial charge in [0.15, 0.2) is 0 Å². The minimum absolute atomic E-state index is 0. The number of hydrogen-bond donors (Lipinski definition) is 0. The Morgan fingerprint density at radius 3 is 1.85 bits per heavy atom. The summed E-state index contributed by atoms with van der Waals surface area (Å²) in [5.74, 6) is 3.00. The van der Waals surface area contributed by atoms with E-state index in [1.54, 1.807) is 0 Å². The van der Waals surface area contributed by atoms with Crippen molar-refractivity contribution < 1.29 is 35.6 Å². The molecule has 2 aliphatic rings. The largest absolute Gasteiger partial charge is 0.311 e. The second-order valence-corrected chi connectivity index (χ2v) is 4.55. The second-order valence-electron chi connectivity index (χ2n) is 4.55. The van der Waals surface area contributed by atoms with Crippen LogP contribution in [-0.2, 0) is 0 Å². The minimum Gasteiger partial charge on any atom is -0.311 e. The minimum atomic E-state index is 0. The van der Waals surface area contributed by atoms with Crippen molar-refractivity contribution in [3.05, 3.63) is 5.92 Å². The molecule has 13 heavy (non-hydrogen) atoms. The molecule has 0 unspecified atom stereocenters. The van der Waals surface area contributed by atoms with Crippen molar-refractivity contribution in [1.82, 2.24) is 0 Å². The predicted molar refractivity (Wildman–Crippen MR) is 52.9 cm³/mol. The van der Waals surface area contributed by atoms with E-state index in [-0.39, 0.29) is 35.6 Å². The molecular weight excluding hydrogens is 283 g/mol. The molecule has 1 heteroatoms. The summed E-state index contributed by atoms with van der Waals surface area (Å²) in [6.07, 6.45) is 15.0. The Hall–Kier alpha value is 1.19. The van der Waals surface area contributed by atoms with E-state index < -0.39 is 0 Å². The molecule has 2 saturated carbocycles. The van der Waals surface area contributed by atoms with E-state index in [1.165, 1.54) is 64.2 Å². The summed E-state index contributed by atoms with van der Waals surface area (Å²) >= 11 is 0. The fourth-order valence-electron chi connectivity index (χ4n) is 2.92. The summed E-state index contributed by atoms with van der Waals surface area (Å²) in [5.41, 5.74) is 0. The second kappa shape index (κ2) is 6.64. The Morgan fingerprint density at radius 2 is 1.23 bits per heavy atom. The van der Waals surface area contributed by atoms with Crippen LogP contribution in [0.2, 0.25) is 0 Å². The van der Waals surface area contributed by atoms with Crippen molar-refractivity contribution in [3.8, 4) is 0 Å². The zero-order chi connectivity index (χ0) is 8.23. The van der Waals surface area contributed by atoms with Crippen LogP contribution in [0.4, 0.5) is 0 Å². The molecule has 0 heterocycles. The first kappa shape index (κ1) is 12.3. The molecule has 2 fully saturated rings. The van der Waals surface area contributed by atoms with Gasteiger partial charge in [0.1, 0.15) is 0 Å². The van der Waals surface area contributed by atoms with Crippen LogP contribution in [0.5, 0.6) is 0 Å². The normalized spacial score (nSPS) is 26.8. The third-order valence-corrected chi connectivity index (χ3v) is 3.68. The summed E-state index contributed by atoms with van der Waals surface area (Å²) in [6.45, 7) is 0. The SMILES string of the molecule is C1CC[C-](C2CCCCC2)CC1.[La]. The molecular formula is C12H21La-. The maximum Gasteiger partial charge on any atom is 0 e. The van der Waals surface area contributed by atoms with Gasteiger partial charge in [-0.1, -0.05) is 51.4 Å². The third-order valence-electron chi connectivity index (χ3n) is 3.68. The number of hydrogen-bond acceptors (Lipinski definition) is 0. The van der Waals surface area contributed by atoms with Crippen molar-refractivity contribution in [2.45, 2.75) is 64.2 Å². The number of rotatable bonds is 1. The van der Waals surface area contributed by atoms with Crippen molar-refractivity contribution in [1.29, 1.82) is 0 Å². The van der Waals surface area contributed by atoms with Crippen LogP contribution in [-0.4, -0.2) is 0 Å². The van der Waals surface area contributed by atoms with Crippen LogP contribution in [0.25, 0.3) is 0 Å². The van der Waals surface area contributed by atoms with Crippen LogP contribution in [0.1, 0.15) is 64.2 Å². The molecule has 0 N–H and O–H groups in total. The molecule has 0 atom stereocenters. The summed E-state index contributed by atoms with van der Waals surface area (Å²) in [6, 6.07) is 0. The van der Waals surface area contributed by atoms with Gasteiger partial charge in [-0.3, -0.25) is 0 Å². The first-order valence-corrected chi connectivity index (χ1v) is 5.81. The standard InChI is InChI=1S/C12H21.La/c1-3-7-11(8-4-1)12-9-5-2-6-10-12;/h11H,1-10H2;/q-1;. The zero-order valence-electron chi connectivity index (χ0n) is 8.73. The van der Waals surface area contributed by atoms with Crippen LogP contribution in [0.15, 0.2) is 0 Å². The Kier molecular flexibility index (Phi) is 6.26. The average Bonchev–Trinajstić information content (AvgIpc) is 2.21. The Labute approximate surface area is 111 Å². The fraction of sp³-hybridized carbons (Fsp3) is 0.917. The van der Waals surface area contributed by atoms with Gasteiger partial charge in [-0.15, -0.1) is 0 Å². The van der Waals surface area contributed by atoms with Gasteiger partial charge in [-0.25, -0.2) is 0 Å². The topological polar surface area (TPSA) is 0 Å². The molecule has 73 valence electrons. The van der Waals surface area contributed by atoms with E-state index in [0.29, 0.717) is 0 Å². The average molecular weight is 304 g/mol. The Balaban J connectivity index is 0.000000845. The first-order valence-electron chi connectivity index (χ1n) is 5.81. The van der Waals surface area contributed by atoms with Crippen LogP contribution < -0.4 is 0 Å². The Bertz CT molecular complexity index is 105. The van der Waals surface area contributed by atoms with Crippen LogP contribution in [0, 0.1) is 47.4 Å². The molecule has 0 saturated heterocycles. The zero-order valence-corrected chi connectivity index (χ0v) is 12.4. The van der Waals surface area contributed by atoms with Crippen LogP contribution in [0.3, 0.4) is 0 Å². The van der Waals surface area contributed by atoms with Crippen molar-refractivity contribution in [3.63, 3.8) is 0 Å². The van der Waals surface area contributed by atoms with Gasteiger partial charge >= 0.3 is 0 Å². The molecule has 2 rings (SSSR count). The van der Waals surface area contributed by atoms with Crippen molar-refractivity contribution in [2.75, 3.05) is 0 Å². The molecule has 0 aromatic carbocycles. The van der Waals surface area contributed by atoms with E-state index in [2.05, 4.69) is 0 Å². The van der Waals surface area contributed by atoms with Crippen molar-refractivity contribution in [2.24, 2.45) is 5.92 Å². The molecule has 0 amide bonds. The van der Waals surface area contributed by atoms with Gasteiger partial charge in [-0.05, 0) is 0 Å². The Morgan fingerprint density at radius 1 is 0.692 bits per heavy atom. The van der Waals surface area contributed by atoms with E-state index in [9.17, 15) is 0 Å². The maximum atomic E-state index is 1.95. The monoisotopic (exact) mass is 304 g/mol. The van der Waals surface area contributed by atoms with Crippen LogP contribution >= 0.6 is 0 Å². The smallest absolute Gasteiger partial charge is 0 e. The molecule has 0 nitrogen and oxygen atoms in total. The van der Waals surface area contributed by atoms with Crippen molar-refractivity contribution >= 4 is 0 Å². The summed E-state index contributed by atoms with van der Waals surface area (Å²) in [4.78, 5) is 0. The molecule has 1 radical (unpaired) electrons. The molecule has 0 bridgehead atoms. The van der Waals surface area contributed by atoms with Gasteiger partial charge in [-0.2, -0.15) is 18.8 Å². The predicted octanol–water partition coefficient (Wildman–Crippen LogP) is 4.11. The summed E-state index contributed by atoms with van der Waals surface area (Å²) < 4.78 is 0. The van der Waals surface area contributed by atoms with E-state index in [1.807, 2.05) is 5.92 Å². The fourth-order valence-corrected chi connectivity index (χ4v) is 2.92. The first-order chi connectivity index (χ1) is 5.97. The van der Waals surface area contributed by atoms with Gasteiger partial charge in [0.2, 0.25) is 0 Å². The molecule has 0 aromatic rings. The third kappa shape index (κ3) is 3.68. The maximum absolute atomic E-state index is 1.95. The van der Waals surface area contributed by atoms with E-state index >= 15 is 0 Å². The van der Waals surface area contributed by atoms with E-state index in [0.717, 1.165) is 5.92 Å². The van der Waals surface area contributed by atoms with E-state index in [4.69, 9.17) is 0 Å².